The number of amides is 2. The molecule has 130 valence electrons. The lowest BCUT2D eigenvalue weighted by Gasteiger charge is -2.47. The predicted molar refractivity (Wildman–Crippen MR) is 93.8 cm³/mol. The Morgan fingerprint density at radius 3 is 3.08 bits per heavy atom. The van der Waals surface area contributed by atoms with Crippen molar-refractivity contribution in [1.29, 1.82) is 0 Å². The zero-order valence-corrected chi connectivity index (χ0v) is 14.9. The summed E-state index contributed by atoms with van der Waals surface area (Å²) in [6, 6.07) is 1.84. The number of allylic oxidation sites excluding steroid dienone is 1. The normalized spacial score (nSPS) is 23.6. The number of hydrogen-bond acceptors (Lipinski definition) is 4. The minimum Gasteiger partial charge on any atom is -0.383 e. The highest BCUT2D eigenvalue weighted by atomic mass is 32.1. The standard InChI is InChI=1S/C18H24N2O3S/c1-23-10-9-20-15-4-2-3-7-18(15,8-5-16(20)21)13-19-17(22)14-6-11-24-12-14/h4,6,11-12H,2-3,5,7-10,13H2,1H3,(H,19,22). The molecule has 2 amide bonds. The monoisotopic (exact) mass is 348 g/mol. The summed E-state index contributed by atoms with van der Waals surface area (Å²) >= 11 is 1.52. The molecular weight excluding hydrogens is 324 g/mol. The average Bonchev–Trinajstić information content (AvgIpc) is 3.14. The first-order valence-corrected chi connectivity index (χ1v) is 9.41. The van der Waals surface area contributed by atoms with Crippen molar-refractivity contribution >= 4 is 23.2 Å². The van der Waals surface area contributed by atoms with E-state index in [2.05, 4.69) is 11.4 Å². The molecule has 1 atom stereocenters. The van der Waals surface area contributed by atoms with Crippen molar-refractivity contribution in [2.45, 2.75) is 32.1 Å². The summed E-state index contributed by atoms with van der Waals surface area (Å²) in [5, 5.41) is 6.86. The zero-order valence-electron chi connectivity index (χ0n) is 14.0. The SMILES string of the molecule is COCCN1C(=O)CCC2(CNC(=O)c3ccsc3)CCCC=C12. The van der Waals surface area contributed by atoms with Crippen LogP contribution in [0, 0.1) is 5.41 Å². The molecule has 0 saturated carbocycles. The fourth-order valence-corrected chi connectivity index (χ4v) is 4.37. The van der Waals surface area contributed by atoms with Gasteiger partial charge in [-0.2, -0.15) is 11.3 Å². The number of rotatable bonds is 6. The van der Waals surface area contributed by atoms with E-state index in [-0.39, 0.29) is 17.2 Å². The molecule has 1 aromatic rings. The van der Waals surface area contributed by atoms with Gasteiger partial charge in [0.05, 0.1) is 6.61 Å². The van der Waals surface area contributed by atoms with E-state index >= 15 is 0 Å². The molecule has 1 fully saturated rings. The lowest BCUT2D eigenvalue weighted by atomic mass is 9.69. The fourth-order valence-electron chi connectivity index (χ4n) is 3.73. The molecule has 0 spiro atoms. The number of carbonyl (C=O) groups excluding carboxylic acids is 2. The number of methoxy groups -OCH3 is 1. The number of carbonyl (C=O) groups is 2. The molecule has 1 saturated heterocycles. The maximum absolute atomic E-state index is 12.4. The van der Waals surface area contributed by atoms with E-state index in [9.17, 15) is 9.59 Å². The summed E-state index contributed by atoms with van der Waals surface area (Å²) < 4.78 is 5.16. The fraction of sp³-hybridized carbons (Fsp3) is 0.556. The Balaban J connectivity index is 1.75. The van der Waals surface area contributed by atoms with Crippen molar-refractivity contribution in [3.8, 4) is 0 Å². The lowest BCUT2D eigenvalue weighted by molar-refractivity contribution is -0.134. The average molecular weight is 348 g/mol. The number of nitrogens with one attached hydrogen (secondary N) is 1. The molecule has 0 aromatic carbocycles. The minimum atomic E-state index is -0.119. The lowest BCUT2D eigenvalue weighted by Crippen LogP contribution is -2.51. The van der Waals surface area contributed by atoms with Crippen molar-refractivity contribution in [2.24, 2.45) is 5.41 Å². The van der Waals surface area contributed by atoms with Gasteiger partial charge in [-0.25, -0.2) is 0 Å². The van der Waals surface area contributed by atoms with Gasteiger partial charge in [0.15, 0.2) is 0 Å². The summed E-state index contributed by atoms with van der Waals surface area (Å²) in [5.41, 5.74) is 1.68. The molecule has 3 rings (SSSR count). The topological polar surface area (TPSA) is 58.6 Å². The summed E-state index contributed by atoms with van der Waals surface area (Å²) in [6.07, 6.45) is 6.64. The molecule has 2 heterocycles. The Bertz CT molecular complexity index is 626. The molecule has 1 N–H and O–H groups in total. The Kier molecular flexibility index (Phi) is 5.36. The molecular formula is C18H24N2O3S. The number of nitrogens with zero attached hydrogens (tertiary/aromatic N) is 1. The van der Waals surface area contributed by atoms with Crippen LogP contribution >= 0.6 is 11.3 Å². The second kappa shape index (κ2) is 7.49. The molecule has 24 heavy (non-hydrogen) atoms. The molecule has 0 radical (unpaired) electrons. The van der Waals surface area contributed by atoms with Crippen LogP contribution in [-0.4, -0.2) is 43.5 Å². The van der Waals surface area contributed by atoms with Gasteiger partial charge in [-0.05, 0) is 37.1 Å². The maximum atomic E-state index is 12.4. The number of fused-ring (bicyclic) bond motifs is 1. The summed E-state index contributed by atoms with van der Waals surface area (Å²) in [5.74, 6) is 0.135. The quantitative estimate of drug-likeness (QED) is 0.860. The van der Waals surface area contributed by atoms with Crippen molar-refractivity contribution in [3.05, 3.63) is 34.2 Å². The highest BCUT2D eigenvalue weighted by molar-refractivity contribution is 7.08. The zero-order chi connectivity index (χ0) is 17.0. The van der Waals surface area contributed by atoms with E-state index in [1.165, 1.54) is 11.3 Å². The third-order valence-electron chi connectivity index (χ3n) is 5.04. The third-order valence-corrected chi connectivity index (χ3v) is 5.72. The van der Waals surface area contributed by atoms with Gasteiger partial charge in [0.2, 0.25) is 5.91 Å². The highest BCUT2D eigenvalue weighted by Crippen LogP contribution is 2.46. The van der Waals surface area contributed by atoms with E-state index in [0.29, 0.717) is 31.7 Å². The summed E-state index contributed by atoms with van der Waals surface area (Å²) in [6.45, 7) is 1.70. The van der Waals surface area contributed by atoms with Gasteiger partial charge in [-0.15, -0.1) is 0 Å². The van der Waals surface area contributed by atoms with Crippen molar-refractivity contribution < 1.29 is 14.3 Å². The maximum Gasteiger partial charge on any atom is 0.252 e. The van der Waals surface area contributed by atoms with Gasteiger partial charge >= 0.3 is 0 Å². The summed E-state index contributed by atoms with van der Waals surface area (Å²) in [7, 11) is 1.65. The molecule has 6 heteroatoms. The molecule has 1 aliphatic carbocycles. The van der Waals surface area contributed by atoms with Gasteiger partial charge < -0.3 is 15.0 Å². The van der Waals surface area contributed by atoms with Crippen molar-refractivity contribution in [1.82, 2.24) is 10.2 Å². The van der Waals surface area contributed by atoms with Gasteiger partial charge in [0.25, 0.3) is 5.91 Å². The molecule has 1 unspecified atom stereocenters. The van der Waals surface area contributed by atoms with Crippen LogP contribution in [0.25, 0.3) is 0 Å². The van der Waals surface area contributed by atoms with Gasteiger partial charge in [0.1, 0.15) is 0 Å². The first-order valence-electron chi connectivity index (χ1n) is 8.47. The van der Waals surface area contributed by atoms with Crippen molar-refractivity contribution in [3.63, 3.8) is 0 Å². The van der Waals surface area contributed by atoms with E-state index in [4.69, 9.17) is 4.74 Å². The van der Waals surface area contributed by atoms with Crippen LogP contribution in [0.4, 0.5) is 0 Å². The molecule has 1 aliphatic heterocycles. The molecule has 2 aliphatic rings. The van der Waals surface area contributed by atoms with E-state index in [1.807, 2.05) is 21.7 Å². The number of piperidine rings is 1. The van der Waals surface area contributed by atoms with Crippen LogP contribution in [0.15, 0.2) is 28.6 Å². The summed E-state index contributed by atoms with van der Waals surface area (Å²) in [4.78, 5) is 26.6. The number of thiophene rings is 1. The number of ether oxygens (including phenoxy) is 1. The Labute approximate surface area is 146 Å². The van der Waals surface area contributed by atoms with E-state index < -0.39 is 0 Å². The Morgan fingerprint density at radius 2 is 2.33 bits per heavy atom. The van der Waals surface area contributed by atoms with Gasteiger partial charge in [-0.3, -0.25) is 9.59 Å². The van der Waals surface area contributed by atoms with Gasteiger partial charge in [-0.1, -0.05) is 6.08 Å². The van der Waals surface area contributed by atoms with Crippen LogP contribution in [0.5, 0.6) is 0 Å². The Hall–Kier alpha value is -1.66. The van der Waals surface area contributed by atoms with Crippen LogP contribution in [-0.2, 0) is 9.53 Å². The predicted octanol–water partition coefficient (Wildman–Crippen LogP) is 2.80. The van der Waals surface area contributed by atoms with Crippen LogP contribution in [0.3, 0.4) is 0 Å². The van der Waals surface area contributed by atoms with Crippen molar-refractivity contribution in [2.75, 3.05) is 26.8 Å². The largest absolute Gasteiger partial charge is 0.383 e. The second-order valence-electron chi connectivity index (χ2n) is 6.49. The second-order valence-corrected chi connectivity index (χ2v) is 7.27. The molecule has 0 bridgehead atoms. The van der Waals surface area contributed by atoms with Crippen LogP contribution in [0.1, 0.15) is 42.5 Å². The van der Waals surface area contributed by atoms with Crippen LogP contribution < -0.4 is 5.32 Å². The van der Waals surface area contributed by atoms with E-state index in [1.54, 1.807) is 7.11 Å². The molecule has 5 nitrogen and oxygen atoms in total. The van der Waals surface area contributed by atoms with Crippen LogP contribution in [0.2, 0.25) is 0 Å². The number of likely N-dealkylation sites (tertiary alicyclic amines) is 1. The first kappa shape index (κ1) is 17.2. The highest BCUT2D eigenvalue weighted by Gasteiger charge is 2.44. The smallest absolute Gasteiger partial charge is 0.252 e. The third kappa shape index (κ3) is 3.39. The number of hydrogen-bond donors (Lipinski definition) is 1. The first-order chi connectivity index (χ1) is 11.7. The van der Waals surface area contributed by atoms with E-state index in [0.717, 1.165) is 31.4 Å². The Morgan fingerprint density at radius 1 is 1.46 bits per heavy atom. The van der Waals surface area contributed by atoms with Gasteiger partial charge in [0, 0.05) is 48.7 Å². The minimum absolute atomic E-state index is 0.0316. The molecule has 1 aromatic heterocycles.